The number of hydrogen-bond donors (Lipinski definition) is 2. The van der Waals surface area contributed by atoms with Gasteiger partial charge in [-0.1, -0.05) is 17.7 Å². The first kappa shape index (κ1) is 17.3. The maximum atomic E-state index is 13.7. The zero-order chi connectivity index (χ0) is 17.2. The third kappa shape index (κ3) is 4.03. The molecule has 0 bridgehead atoms. The Kier molecular flexibility index (Phi) is 4.97. The molecule has 2 aromatic carbocycles. The lowest BCUT2D eigenvalue weighted by atomic mass is 9.95. The number of aliphatic hydroxyl groups is 1. The molecule has 0 aliphatic heterocycles. The van der Waals surface area contributed by atoms with Crippen LogP contribution >= 0.6 is 11.6 Å². The number of benzene rings is 2. The van der Waals surface area contributed by atoms with Gasteiger partial charge in [-0.25, -0.2) is 13.2 Å². The van der Waals surface area contributed by atoms with Gasteiger partial charge in [0, 0.05) is 16.7 Å². The number of carbonyl (C=O) groups is 1. The lowest BCUT2D eigenvalue weighted by molar-refractivity contribution is 0.0493. The van der Waals surface area contributed by atoms with Gasteiger partial charge in [-0.3, -0.25) is 4.79 Å². The minimum atomic E-state index is -1.80. The van der Waals surface area contributed by atoms with Crippen molar-refractivity contribution in [1.82, 2.24) is 5.32 Å². The highest BCUT2D eigenvalue weighted by Gasteiger charge is 2.28. The smallest absolute Gasteiger partial charge is 0.254 e. The van der Waals surface area contributed by atoms with Crippen LogP contribution in [0.2, 0.25) is 5.02 Å². The molecule has 0 aliphatic carbocycles. The van der Waals surface area contributed by atoms with E-state index in [2.05, 4.69) is 5.32 Å². The van der Waals surface area contributed by atoms with Crippen LogP contribution in [0.4, 0.5) is 13.2 Å². The van der Waals surface area contributed by atoms with Crippen LogP contribution in [0.5, 0.6) is 0 Å². The molecule has 122 valence electrons. The number of halogens is 4. The van der Waals surface area contributed by atoms with Crippen molar-refractivity contribution in [2.24, 2.45) is 0 Å². The van der Waals surface area contributed by atoms with Crippen LogP contribution in [-0.2, 0) is 5.60 Å². The van der Waals surface area contributed by atoms with E-state index < -0.39 is 35.5 Å². The topological polar surface area (TPSA) is 49.3 Å². The molecule has 0 saturated carbocycles. The maximum Gasteiger partial charge on any atom is 0.254 e. The first-order chi connectivity index (χ1) is 10.7. The third-order valence-electron chi connectivity index (χ3n) is 3.28. The van der Waals surface area contributed by atoms with Gasteiger partial charge in [0.15, 0.2) is 0 Å². The van der Waals surface area contributed by atoms with Crippen LogP contribution < -0.4 is 5.32 Å². The molecule has 0 aromatic heterocycles. The summed E-state index contributed by atoms with van der Waals surface area (Å²) in [6, 6.07) is 6.16. The lowest BCUT2D eigenvalue weighted by Gasteiger charge is -2.24. The van der Waals surface area contributed by atoms with Crippen molar-refractivity contribution in [3.8, 4) is 0 Å². The fourth-order valence-electron chi connectivity index (χ4n) is 2.04. The van der Waals surface area contributed by atoms with Gasteiger partial charge in [-0.15, -0.1) is 0 Å². The zero-order valence-electron chi connectivity index (χ0n) is 12.0. The Morgan fingerprint density at radius 2 is 1.87 bits per heavy atom. The summed E-state index contributed by atoms with van der Waals surface area (Å²) in [6.07, 6.45) is 0. The number of nitrogens with one attached hydrogen (secondary N) is 1. The first-order valence-electron chi connectivity index (χ1n) is 6.62. The fourth-order valence-corrected chi connectivity index (χ4v) is 2.21. The van der Waals surface area contributed by atoms with Crippen molar-refractivity contribution in [2.45, 2.75) is 12.5 Å². The van der Waals surface area contributed by atoms with E-state index in [0.29, 0.717) is 6.07 Å². The molecule has 1 unspecified atom stereocenters. The van der Waals surface area contributed by atoms with Crippen molar-refractivity contribution in [2.75, 3.05) is 6.54 Å². The SMILES string of the molecule is CC(O)(CNC(=O)c1cc(Cl)ccc1F)c1ccc(F)cc1F. The molecule has 0 spiro atoms. The molecule has 0 fully saturated rings. The Bertz CT molecular complexity index is 750. The quantitative estimate of drug-likeness (QED) is 0.894. The van der Waals surface area contributed by atoms with Gasteiger partial charge in [0.05, 0.1) is 12.1 Å². The van der Waals surface area contributed by atoms with Gasteiger partial charge in [-0.05, 0) is 31.2 Å². The first-order valence-corrected chi connectivity index (χ1v) is 6.99. The molecule has 2 aromatic rings. The fraction of sp³-hybridized carbons (Fsp3) is 0.188. The number of amides is 1. The molecular weight excluding hydrogens is 331 g/mol. The van der Waals surface area contributed by atoms with Crippen LogP contribution in [0, 0.1) is 17.5 Å². The molecule has 0 aliphatic rings. The Morgan fingerprint density at radius 3 is 2.52 bits per heavy atom. The molecular formula is C16H13ClF3NO2. The second kappa shape index (κ2) is 6.60. The molecule has 2 N–H and O–H groups in total. The second-order valence-electron chi connectivity index (χ2n) is 5.20. The Hall–Kier alpha value is -2.05. The molecule has 2 rings (SSSR count). The lowest BCUT2D eigenvalue weighted by Crippen LogP contribution is -2.39. The van der Waals surface area contributed by atoms with Gasteiger partial charge in [0.1, 0.15) is 23.1 Å². The van der Waals surface area contributed by atoms with E-state index in [9.17, 15) is 23.1 Å². The highest BCUT2D eigenvalue weighted by molar-refractivity contribution is 6.31. The molecule has 1 amide bonds. The summed E-state index contributed by atoms with van der Waals surface area (Å²) in [7, 11) is 0. The Balaban J connectivity index is 2.15. The monoisotopic (exact) mass is 343 g/mol. The number of rotatable bonds is 4. The predicted octanol–water partition coefficient (Wildman–Crippen LogP) is 3.39. The van der Waals surface area contributed by atoms with Crippen molar-refractivity contribution >= 4 is 17.5 Å². The summed E-state index contributed by atoms with van der Waals surface area (Å²) in [5.41, 5.74) is -2.29. The molecule has 0 radical (unpaired) electrons. The summed E-state index contributed by atoms with van der Waals surface area (Å²) in [4.78, 5) is 12.0. The standard InChI is InChI=1S/C16H13ClF3NO2/c1-16(23,12-4-3-10(18)7-14(12)20)8-21-15(22)11-6-9(17)2-5-13(11)19/h2-7,23H,8H2,1H3,(H,21,22). The van der Waals surface area contributed by atoms with Gasteiger partial charge < -0.3 is 10.4 Å². The molecule has 0 saturated heterocycles. The molecule has 1 atom stereocenters. The largest absolute Gasteiger partial charge is 0.383 e. The van der Waals surface area contributed by atoms with Crippen LogP contribution in [0.3, 0.4) is 0 Å². The minimum absolute atomic E-state index is 0.174. The van der Waals surface area contributed by atoms with Gasteiger partial charge in [0.2, 0.25) is 0 Å². The highest BCUT2D eigenvalue weighted by atomic mass is 35.5. The second-order valence-corrected chi connectivity index (χ2v) is 5.64. The molecule has 3 nitrogen and oxygen atoms in total. The van der Waals surface area contributed by atoms with Gasteiger partial charge in [0.25, 0.3) is 5.91 Å². The maximum absolute atomic E-state index is 13.7. The average molecular weight is 344 g/mol. The predicted molar refractivity (Wildman–Crippen MR) is 79.7 cm³/mol. The van der Waals surface area contributed by atoms with Crippen molar-refractivity contribution < 1.29 is 23.1 Å². The zero-order valence-corrected chi connectivity index (χ0v) is 12.8. The van der Waals surface area contributed by atoms with Gasteiger partial charge >= 0.3 is 0 Å². The third-order valence-corrected chi connectivity index (χ3v) is 3.51. The van der Waals surface area contributed by atoms with E-state index in [4.69, 9.17) is 11.6 Å². The summed E-state index contributed by atoms with van der Waals surface area (Å²) >= 11 is 5.70. The van der Waals surface area contributed by atoms with Crippen LogP contribution in [-0.4, -0.2) is 17.6 Å². The highest BCUT2D eigenvalue weighted by Crippen LogP contribution is 2.24. The summed E-state index contributed by atoms with van der Waals surface area (Å²) in [5, 5.41) is 12.8. The van der Waals surface area contributed by atoms with Crippen molar-refractivity contribution in [3.63, 3.8) is 0 Å². The number of carbonyl (C=O) groups excluding carboxylic acids is 1. The van der Waals surface area contributed by atoms with E-state index in [-0.39, 0.29) is 16.1 Å². The van der Waals surface area contributed by atoms with E-state index in [1.165, 1.54) is 13.0 Å². The van der Waals surface area contributed by atoms with Crippen LogP contribution in [0.1, 0.15) is 22.8 Å². The van der Waals surface area contributed by atoms with E-state index in [1.54, 1.807) is 0 Å². The van der Waals surface area contributed by atoms with Crippen molar-refractivity contribution in [1.29, 1.82) is 0 Å². The number of hydrogen-bond acceptors (Lipinski definition) is 2. The Morgan fingerprint density at radius 1 is 1.17 bits per heavy atom. The molecule has 23 heavy (non-hydrogen) atoms. The normalized spacial score (nSPS) is 13.5. The minimum Gasteiger partial charge on any atom is -0.383 e. The van der Waals surface area contributed by atoms with E-state index in [0.717, 1.165) is 24.3 Å². The molecule has 0 heterocycles. The Labute approximate surface area is 135 Å². The van der Waals surface area contributed by atoms with Gasteiger partial charge in [-0.2, -0.15) is 0 Å². The van der Waals surface area contributed by atoms with E-state index >= 15 is 0 Å². The molecule has 7 heteroatoms. The average Bonchev–Trinajstić information content (AvgIpc) is 2.47. The summed E-state index contributed by atoms with van der Waals surface area (Å²) in [5.74, 6) is -3.32. The van der Waals surface area contributed by atoms with Crippen molar-refractivity contribution in [3.05, 3.63) is 70.0 Å². The summed E-state index contributed by atoms with van der Waals surface area (Å²) in [6.45, 7) is 0.846. The van der Waals surface area contributed by atoms with Crippen LogP contribution in [0.15, 0.2) is 36.4 Å². The van der Waals surface area contributed by atoms with Crippen LogP contribution in [0.25, 0.3) is 0 Å². The summed E-state index contributed by atoms with van der Waals surface area (Å²) < 4.78 is 40.2. The van der Waals surface area contributed by atoms with E-state index in [1.807, 2.05) is 0 Å².